The summed E-state index contributed by atoms with van der Waals surface area (Å²) in [5.74, 6) is 0.791. The third-order valence-electron chi connectivity index (χ3n) is 3.89. The summed E-state index contributed by atoms with van der Waals surface area (Å²) in [7, 11) is 1.63. The number of nitrogens with zero attached hydrogens (tertiary/aromatic N) is 2. The molecule has 0 saturated carbocycles. The Kier molecular flexibility index (Phi) is 4.44. The summed E-state index contributed by atoms with van der Waals surface area (Å²) in [6.07, 6.45) is 1.77. The number of methoxy groups -OCH3 is 1. The van der Waals surface area contributed by atoms with Crippen LogP contribution < -0.4 is 4.74 Å². The summed E-state index contributed by atoms with van der Waals surface area (Å²) in [5, 5.41) is 22.2. The number of nitriles is 1. The van der Waals surface area contributed by atoms with Crippen LogP contribution in [0.15, 0.2) is 60.7 Å². The van der Waals surface area contributed by atoms with E-state index in [0.717, 1.165) is 22.1 Å². The van der Waals surface area contributed by atoms with Crippen LogP contribution in [0, 0.1) is 21.4 Å². The standard InChI is InChI=1S/C20H14N2O3/c1-25-20-9-6-16-10-14(2-3-17(16)12-20)11-18(13-21)15-4-7-19(8-5-15)22(23)24/h2-12H,1H3/b18-11+. The van der Waals surface area contributed by atoms with E-state index < -0.39 is 4.92 Å². The molecule has 0 aromatic heterocycles. The van der Waals surface area contributed by atoms with E-state index in [1.54, 1.807) is 25.3 Å². The number of benzene rings is 3. The Morgan fingerprint density at radius 2 is 1.76 bits per heavy atom. The van der Waals surface area contributed by atoms with E-state index in [4.69, 9.17) is 4.74 Å². The first-order chi connectivity index (χ1) is 12.1. The van der Waals surface area contributed by atoms with Gasteiger partial charge in [-0.1, -0.05) is 18.2 Å². The molecular weight excluding hydrogens is 316 g/mol. The van der Waals surface area contributed by atoms with Gasteiger partial charge in [-0.3, -0.25) is 10.1 Å². The molecule has 0 heterocycles. The van der Waals surface area contributed by atoms with Gasteiger partial charge in [0.15, 0.2) is 0 Å². The van der Waals surface area contributed by atoms with Crippen molar-refractivity contribution in [2.45, 2.75) is 0 Å². The molecule has 122 valence electrons. The van der Waals surface area contributed by atoms with Crippen LogP contribution in [0.25, 0.3) is 22.4 Å². The zero-order valence-electron chi connectivity index (χ0n) is 13.5. The molecule has 3 aromatic carbocycles. The molecule has 0 aliphatic heterocycles. The first-order valence-electron chi connectivity index (χ1n) is 7.55. The van der Waals surface area contributed by atoms with E-state index in [9.17, 15) is 15.4 Å². The molecule has 5 nitrogen and oxygen atoms in total. The van der Waals surface area contributed by atoms with Gasteiger partial charge in [0.05, 0.1) is 23.7 Å². The zero-order chi connectivity index (χ0) is 17.8. The van der Waals surface area contributed by atoms with Crippen molar-refractivity contribution in [2.75, 3.05) is 7.11 Å². The molecule has 0 saturated heterocycles. The van der Waals surface area contributed by atoms with E-state index in [1.165, 1.54) is 12.1 Å². The SMILES string of the molecule is COc1ccc2cc(/C=C(\C#N)c3ccc([N+](=O)[O-])cc3)ccc2c1. The minimum atomic E-state index is -0.461. The van der Waals surface area contributed by atoms with E-state index in [-0.39, 0.29) is 5.69 Å². The normalized spacial score (nSPS) is 11.1. The van der Waals surface area contributed by atoms with Crippen molar-refractivity contribution in [1.82, 2.24) is 0 Å². The molecule has 25 heavy (non-hydrogen) atoms. The zero-order valence-corrected chi connectivity index (χ0v) is 13.5. The maximum Gasteiger partial charge on any atom is 0.269 e. The number of allylic oxidation sites excluding steroid dienone is 1. The van der Waals surface area contributed by atoms with E-state index in [1.807, 2.05) is 36.4 Å². The molecule has 3 aromatic rings. The summed E-state index contributed by atoms with van der Waals surface area (Å²) < 4.78 is 5.22. The van der Waals surface area contributed by atoms with E-state index in [2.05, 4.69) is 6.07 Å². The molecule has 5 heteroatoms. The maximum atomic E-state index is 10.7. The monoisotopic (exact) mass is 330 g/mol. The van der Waals surface area contributed by atoms with Gasteiger partial charge in [-0.2, -0.15) is 5.26 Å². The van der Waals surface area contributed by atoms with Crippen LogP contribution in [0.2, 0.25) is 0 Å². The lowest BCUT2D eigenvalue weighted by Crippen LogP contribution is -1.88. The molecule has 0 aliphatic rings. The fourth-order valence-corrected chi connectivity index (χ4v) is 2.57. The Bertz CT molecular complexity index is 1020. The third kappa shape index (κ3) is 3.48. The second-order valence-corrected chi connectivity index (χ2v) is 5.45. The number of rotatable bonds is 4. The second-order valence-electron chi connectivity index (χ2n) is 5.45. The Morgan fingerprint density at radius 1 is 1.08 bits per heavy atom. The highest BCUT2D eigenvalue weighted by Crippen LogP contribution is 2.25. The predicted octanol–water partition coefficient (Wildman–Crippen LogP) is 4.82. The van der Waals surface area contributed by atoms with Crippen molar-refractivity contribution in [1.29, 1.82) is 5.26 Å². The van der Waals surface area contributed by atoms with Gasteiger partial charge in [0.2, 0.25) is 0 Å². The Hall–Kier alpha value is -3.65. The molecule has 0 spiro atoms. The van der Waals surface area contributed by atoms with E-state index >= 15 is 0 Å². The Morgan fingerprint density at radius 3 is 2.40 bits per heavy atom. The third-order valence-corrected chi connectivity index (χ3v) is 3.89. The van der Waals surface area contributed by atoms with Gasteiger partial charge in [0.1, 0.15) is 5.75 Å². The quantitative estimate of drug-likeness (QED) is 0.297. The van der Waals surface area contributed by atoms with Crippen LogP contribution in [0.4, 0.5) is 5.69 Å². The lowest BCUT2D eigenvalue weighted by Gasteiger charge is -2.04. The van der Waals surface area contributed by atoms with Crippen LogP contribution in [0.3, 0.4) is 0 Å². The second kappa shape index (κ2) is 6.85. The van der Waals surface area contributed by atoms with Gasteiger partial charge in [0.25, 0.3) is 5.69 Å². The van der Waals surface area contributed by atoms with Gasteiger partial charge < -0.3 is 4.74 Å². The van der Waals surface area contributed by atoms with Crippen LogP contribution in [-0.4, -0.2) is 12.0 Å². The topological polar surface area (TPSA) is 76.2 Å². The Balaban J connectivity index is 1.97. The molecule has 0 unspecified atom stereocenters. The number of nitro groups is 1. The number of non-ortho nitro benzene ring substituents is 1. The smallest absolute Gasteiger partial charge is 0.269 e. The summed E-state index contributed by atoms with van der Waals surface area (Å²) in [5.41, 5.74) is 1.97. The summed E-state index contributed by atoms with van der Waals surface area (Å²) in [6, 6.07) is 19.8. The minimum Gasteiger partial charge on any atom is -0.497 e. The number of ether oxygens (including phenoxy) is 1. The van der Waals surface area contributed by atoms with Crippen molar-refractivity contribution in [3.05, 3.63) is 81.9 Å². The van der Waals surface area contributed by atoms with Crippen LogP contribution >= 0.6 is 0 Å². The van der Waals surface area contributed by atoms with Crippen LogP contribution in [-0.2, 0) is 0 Å². The minimum absolute atomic E-state index is 0.000641. The molecule has 3 rings (SSSR count). The lowest BCUT2D eigenvalue weighted by molar-refractivity contribution is -0.384. The highest BCUT2D eigenvalue weighted by molar-refractivity contribution is 5.93. The van der Waals surface area contributed by atoms with Gasteiger partial charge in [-0.15, -0.1) is 0 Å². The molecule has 0 radical (unpaired) electrons. The van der Waals surface area contributed by atoms with Crippen molar-refractivity contribution in [3.63, 3.8) is 0 Å². The van der Waals surface area contributed by atoms with Crippen molar-refractivity contribution in [2.24, 2.45) is 0 Å². The van der Waals surface area contributed by atoms with Crippen molar-refractivity contribution >= 4 is 28.1 Å². The first kappa shape index (κ1) is 16.2. The summed E-state index contributed by atoms with van der Waals surface area (Å²) in [4.78, 5) is 10.3. The predicted molar refractivity (Wildman–Crippen MR) is 97.1 cm³/mol. The van der Waals surface area contributed by atoms with Crippen molar-refractivity contribution in [3.8, 4) is 11.8 Å². The van der Waals surface area contributed by atoms with Gasteiger partial charge in [-0.05, 0) is 58.3 Å². The largest absolute Gasteiger partial charge is 0.497 e. The maximum absolute atomic E-state index is 10.7. The highest BCUT2D eigenvalue weighted by atomic mass is 16.6. The summed E-state index contributed by atoms with van der Waals surface area (Å²) >= 11 is 0. The number of nitro benzene ring substituents is 1. The molecule has 0 amide bonds. The molecular formula is C20H14N2O3. The average Bonchev–Trinajstić information content (AvgIpc) is 2.65. The first-order valence-corrected chi connectivity index (χ1v) is 7.55. The number of fused-ring (bicyclic) bond motifs is 1. The van der Waals surface area contributed by atoms with E-state index in [0.29, 0.717) is 11.1 Å². The Labute approximate surface area is 144 Å². The van der Waals surface area contributed by atoms with Crippen LogP contribution in [0.1, 0.15) is 11.1 Å². The molecule has 0 aliphatic carbocycles. The number of hydrogen-bond acceptors (Lipinski definition) is 4. The van der Waals surface area contributed by atoms with Gasteiger partial charge >= 0.3 is 0 Å². The number of hydrogen-bond donors (Lipinski definition) is 0. The van der Waals surface area contributed by atoms with Crippen LogP contribution in [0.5, 0.6) is 5.75 Å². The average molecular weight is 330 g/mol. The lowest BCUT2D eigenvalue weighted by atomic mass is 10.0. The molecule has 0 bridgehead atoms. The molecule has 0 atom stereocenters. The van der Waals surface area contributed by atoms with Gasteiger partial charge in [0, 0.05) is 12.1 Å². The molecule has 0 fully saturated rings. The van der Waals surface area contributed by atoms with Gasteiger partial charge in [-0.25, -0.2) is 0 Å². The van der Waals surface area contributed by atoms with Crippen molar-refractivity contribution < 1.29 is 9.66 Å². The molecule has 0 N–H and O–H groups in total. The fourth-order valence-electron chi connectivity index (χ4n) is 2.57. The highest BCUT2D eigenvalue weighted by Gasteiger charge is 2.07. The summed E-state index contributed by atoms with van der Waals surface area (Å²) in [6.45, 7) is 0. The fraction of sp³-hybridized carbons (Fsp3) is 0.0500.